The van der Waals surface area contributed by atoms with Gasteiger partial charge in [0.05, 0.1) is 12.2 Å². The summed E-state index contributed by atoms with van der Waals surface area (Å²) in [6, 6.07) is 7.63. The summed E-state index contributed by atoms with van der Waals surface area (Å²) in [5.41, 5.74) is 6.52. The molecule has 1 amide bonds. The molecule has 1 saturated carbocycles. The van der Waals surface area contributed by atoms with Crippen LogP contribution in [0.4, 0.5) is 0 Å². The molecule has 1 aliphatic heterocycles. The Bertz CT molecular complexity index is 471. The van der Waals surface area contributed by atoms with Crippen molar-refractivity contribution in [1.29, 1.82) is 0 Å². The number of hydrogen-bond acceptors (Lipinski definition) is 3. The normalized spacial score (nSPS) is 22.6. The van der Waals surface area contributed by atoms with E-state index in [2.05, 4.69) is 0 Å². The molecule has 2 fully saturated rings. The van der Waals surface area contributed by atoms with Gasteiger partial charge in [0.15, 0.2) is 0 Å². The summed E-state index contributed by atoms with van der Waals surface area (Å²) in [4.78, 5) is 14.3. The van der Waals surface area contributed by atoms with Gasteiger partial charge in [-0.3, -0.25) is 4.79 Å². The summed E-state index contributed by atoms with van der Waals surface area (Å²) in [6.07, 6.45) is 3.38. The standard InChI is InChI=1S/C15H20N2O2/c16-12-7-8-17(9-12)15(18)13-3-1-2-4-14(13)19-10-11-5-6-11/h1-4,11-12H,5-10,16H2. The van der Waals surface area contributed by atoms with E-state index in [1.165, 1.54) is 12.8 Å². The van der Waals surface area contributed by atoms with Crippen molar-refractivity contribution in [2.24, 2.45) is 11.7 Å². The lowest BCUT2D eigenvalue weighted by molar-refractivity contribution is 0.0786. The van der Waals surface area contributed by atoms with Crippen LogP contribution in [0, 0.1) is 5.92 Å². The van der Waals surface area contributed by atoms with Crippen LogP contribution in [-0.2, 0) is 0 Å². The van der Waals surface area contributed by atoms with Crippen LogP contribution in [0.15, 0.2) is 24.3 Å². The van der Waals surface area contributed by atoms with Crippen molar-refractivity contribution in [2.45, 2.75) is 25.3 Å². The highest BCUT2D eigenvalue weighted by molar-refractivity contribution is 5.97. The first kappa shape index (κ1) is 12.5. The van der Waals surface area contributed by atoms with Gasteiger partial charge in [0, 0.05) is 19.1 Å². The summed E-state index contributed by atoms with van der Waals surface area (Å²) >= 11 is 0. The first-order chi connectivity index (χ1) is 9.24. The van der Waals surface area contributed by atoms with E-state index in [4.69, 9.17) is 10.5 Å². The molecule has 19 heavy (non-hydrogen) atoms. The molecule has 3 rings (SSSR count). The lowest BCUT2D eigenvalue weighted by Crippen LogP contribution is -2.32. The van der Waals surface area contributed by atoms with Gasteiger partial charge in [0.25, 0.3) is 5.91 Å². The van der Waals surface area contributed by atoms with E-state index in [1.807, 2.05) is 29.2 Å². The van der Waals surface area contributed by atoms with Gasteiger partial charge in [0.2, 0.25) is 0 Å². The highest BCUT2D eigenvalue weighted by Crippen LogP contribution is 2.30. The highest BCUT2D eigenvalue weighted by Gasteiger charge is 2.27. The molecule has 1 heterocycles. The van der Waals surface area contributed by atoms with Crippen molar-refractivity contribution < 1.29 is 9.53 Å². The van der Waals surface area contributed by atoms with E-state index >= 15 is 0 Å². The number of ether oxygens (including phenoxy) is 1. The molecule has 102 valence electrons. The van der Waals surface area contributed by atoms with Crippen LogP contribution < -0.4 is 10.5 Å². The Balaban J connectivity index is 1.72. The number of nitrogens with zero attached hydrogens (tertiary/aromatic N) is 1. The average molecular weight is 260 g/mol. The second-order valence-corrected chi connectivity index (χ2v) is 5.55. The maximum Gasteiger partial charge on any atom is 0.257 e. The third kappa shape index (κ3) is 2.89. The monoisotopic (exact) mass is 260 g/mol. The topological polar surface area (TPSA) is 55.6 Å². The maximum absolute atomic E-state index is 12.5. The van der Waals surface area contributed by atoms with Crippen molar-refractivity contribution in [3.05, 3.63) is 29.8 Å². The van der Waals surface area contributed by atoms with Crippen LogP contribution in [0.25, 0.3) is 0 Å². The molecule has 2 N–H and O–H groups in total. The van der Waals surface area contributed by atoms with E-state index in [9.17, 15) is 4.79 Å². The van der Waals surface area contributed by atoms with Crippen LogP contribution in [0.2, 0.25) is 0 Å². The largest absolute Gasteiger partial charge is 0.492 e. The molecule has 0 radical (unpaired) electrons. The number of benzene rings is 1. The number of nitrogens with two attached hydrogens (primary N) is 1. The number of likely N-dealkylation sites (tertiary alicyclic amines) is 1. The van der Waals surface area contributed by atoms with Gasteiger partial charge in [0.1, 0.15) is 5.75 Å². The fourth-order valence-electron chi connectivity index (χ4n) is 2.40. The number of rotatable bonds is 4. The molecule has 4 heteroatoms. The fourth-order valence-corrected chi connectivity index (χ4v) is 2.40. The van der Waals surface area contributed by atoms with Crippen molar-refractivity contribution >= 4 is 5.91 Å². The van der Waals surface area contributed by atoms with Gasteiger partial charge in [-0.05, 0) is 37.3 Å². The van der Waals surface area contributed by atoms with Crippen LogP contribution in [0.3, 0.4) is 0 Å². The molecule has 0 aromatic heterocycles. The molecular formula is C15H20N2O2. The number of para-hydroxylation sites is 1. The van der Waals surface area contributed by atoms with Crippen LogP contribution in [-0.4, -0.2) is 36.5 Å². The number of carbonyl (C=O) groups excluding carboxylic acids is 1. The van der Waals surface area contributed by atoms with Crippen molar-refractivity contribution in [1.82, 2.24) is 4.90 Å². The number of hydrogen-bond donors (Lipinski definition) is 1. The summed E-state index contributed by atoms with van der Waals surface area (Å²) in [5, 5.41) is 0. The van der Waals surface area contributed by atoms with Gasteiger partial charge < -0.3 is 15.4 Å². The van der Waals surface area contributed by atoms with Gasteiger partial charge >= 0.3 is 0 Å². The van der Waals surface area contributed by atoms with Crippen LogP contribution in [0.5, 0.6) is 5.75 Å². The Morgan fingerprint density at radius 2 is 2.11 bits per heavy atom. The molecule has 2 aliphatic rings. The second-order valence-electron chi connectivity index (χ2n) is 5.55. The summed E-state index contributed by atoms with van der Waals surface area (Å²) < 4.78 is 5.79. The Kier molecular flexibility index (Phi) is 3.42. The lowest BCUT2D eigenvalue weighted by Gasteiger charge is -2.18. The third-order valence-electron chi connectivity index (χ3n) is 3.80. The highest BCUT2D eigenvalue weighted by atomic mass is 16.5. The first-order valence-corrected chi connectivity index (χ1v) is 7.00. The first-order valence-electron chi connectivity index (χ1n) is 7.00. The fraction of sp³-hybridized carbons (Fsp3) is 0.533. The van der Waals surface area contributed by atoms with E-state index in [0.717, 1.165) is 19.6 Å². The Morgan fingerprint density at radius 1 is 1.32 bits per heavy atom. The average Bonchev–Trinajstić information content (AvgIpc) is 3.16. The Labute approximate surface area is 113 Å². The van der Waals surface area contributed by atoms with Gasteiger partial charge in [-0.1, -0.05) is 12.1 Å². The molecule has 0 bridgehead atoms. The zero-order valence-electron chi connectivity index (χ0n) is 11.0. The van der Waals surface area contributed by atoms with Crippen molar-refractivity contribution in [3.63, 3.8) is 0 Å². The zero-order valence-corrected chi connectivity index (χ0v) is 11.0. The predicted octanol–water partition coefficient (Wildman–Crippen LogP) is 1.65. The minimum Gasteiger partial charge on any atom is -0.492 e. The van der Waals surface area contributed by atoms with Gasteiger partial charge in [-0.25, -0.2) is 0 Å². The number of amides is 1. The van der Waals surface area contributed by atoms with E-state index in [-0.39, 0.29) is 11.9 Å². The van der Waals surface area contributed by atoms with E-state index in [1.54, 1.807) is 0 Å². The summed E-state index contributed by atoms with van der Waals surface area (Å²) in [5.74, 6) is 1.43. The molecule has 1 atom stereocenters. The third-order valence-corrected chi connectivity index (χ3v) is 3.80. The summed E-state index contributed by atoms with van der Waals surface area (Å²) in [6.45, 7) is 2.12. The second kappa shape index (κ2) is 5.21. The maximum atomic E-state index is 12.5. The Hall–Kier alpha value is -1.55. The molecule has 0 spiro atoms. The SMILES string of the molecule is NC1CCN(C(=O)c2ccccc2OCC2CC2)C1. The molecule has 1 aromatic carbocycles. The molecule has 1 unspecified atom stereocenters. The van der Waals surface area contributed by atoms with Crippen molar-refractivity contribution in [3.8, 4) is 5.75 Å². The quantitative estimate of drug-likeness (QED) is 0.895. The van der Waals surface area contributed by atoms with E-state index in [0.29, 0.717) is 23.8 Å². The molecule has 1 aromatic rings. The minimum absolute atomic E-state index is 0.0411. The van der Waals surface area contributed by atoms with Crippen LogP contribution in [0.1, 0.15) is 29.6 Å². The van der Waals surface area contributed by atoms with Crippen molar-refractivity contribution in [2.75, 3.05) is 19.7 Å². The number of carbonyl (C=O) groups is 1. The van der Waals surface area contributed by atoms with E-state index < -0.39 is 0 Å². The predicted molar refractivity (Wildman–Crippen MR) is 73.2 cm³/mol. The molecule has 1 saturated heterocycles. The minimum atomic E-state index is 0.0411. The molecule has 1 aliphatic carbocycles. The zero-order chi connectivity index (χ0) is 13.2. The summed E-state index contributed by atoms with van der Waals surface area (Å²) in [7, 11) is 0. The van der Waals surface area contributed by atoms with Crippen LogP contribution >= 0.6 is 0 Å². The van der Waals surface area contributed by atoms with Gasteiger partial charge in [-0.2, -0.15) is 0 Å². The van der Waals surface area contributed by atoms with Gasteiger partial charge in [-0.15, -0.1) is 0 Å². The molecule has 4 nitrogen and oxygen atoms in total. The lowest BCUT2D eigenvalue weighted by atomic mass is 10.1. The molecular weight excluding hydrogens is 240 g/mol. The Morgan fingerprint density at radius 3 is 2.79 bits per heavy atom. The smallest absolute Gasteiger partial charge is 0.257 e.